The van der Waals surface area contributed by atoms with E-state index in [4.69, 9.17) is 14.2 Å². The summed E-state index contributed by atoms with van der Waals surface area (Å²) in [5.41, 5.74) is 1.70. The van der Waals surface area contributed by atoms with E-state index < -0.39 is 0 Å². The highest BCUT2D eigenvalue weighted by atomic mass is 16.7. The van der Waals surface area contributed by atoms with Gasteiger partial charge in [0.2, 0.25) is 6.79 Å². The van der Waals surface area contributed by atoms with E-state index in [0.717, 1.165) is 35.5 Å². The zero-order chi connectivity index (χ0) is 17.8. The summed E-state index contributed by atoms with van der Waals surface area (Å²) in [6, 6.07) is 15.3. The highest BCUT2D eigenvalue weighted by Gasteiger charge is 2.25. The van der Waals surface area contributed by atoms with E-state index >= 15 is 0 Å². The highest BCUT2D eigenvalue weighted by Crippen LogP contribution is 2.37. The molecular weight excluding hydrogens is 328 g/mol. The van der Waals surface area contributed by atoms with Crippen LogP contribution in [0.5, 0.6) is 11.5 Å². The van der Waals surface area contributed by atoms with Gasteiger partial charge in [0, 0.05) is 12.0 Å². The molecule has 136 valence electrons. The van der Waals surface area contributed by atoms with Gasteiger partial charge in [0.15, 0.2) is 17.3 Å². The van der Waals surface area contributed by atoms with Crippen molar-refractivity contribution in [3.8, 4) is 11.5 Å². The summed E-state index contributed by atoms with van der Waals surface area (Å²) < 4.78 is 17.3. The molecule has 1 unspecified atom stereocenters. The van der Waals surface area contributed by atoms with Crippen molar-refractivity contribution in [3.63, 3.8) is 0 Å². The van der Waals surface area contributed by atoms with Crippen molar-refractivity contribution >= 4 is 5.78 Å². The molecule has 0 aromatic heterocycles. The largest absolute Gasteiger partial charge is 0.454 e. The van der Waals surface area contributed by atoms with Gasteiger partial charge in [0.05, 0.1) is 12.2 Å². The average Bonchev–Trinajstić information content (AvgIpc) is 3.17. The van der Waals surface area contributed by atoms with Gasteiger partial charge in [-0.25, -0.2) is 0 Å². The number of fused-ring (bicyclic) bond motifs is 1. The third-order valence-electron chi connectivity index (χ3n) is 5.14. The molecule has 0 radical (unpaired) electrons. The van der Waals surface area contributed by atoms with Gasteiger partial charge in [0.1, 0.15) is 0 Å². The fourth-order valence-corrected chi connectivity index (χ4v) is 3.70. The monoisotopic (exact) mass is 352 g/mol. The van der Waals surface area contributed by atoms with Crippen LogP contribution in [0.3, 0.4) is 0 Å². The average molecular weight is 352 g/mol. The topological polar surface area (TPSA) is 44.8 Å². The number of Topliss-reactive ketones (excluding diaryl/α,β-unsaturated/α-hetero) is 1. The van der Waals surface area contributed by atoms with Gasteiger partial charge in [-0.15, -0.1) is 0 Å². The van der Waals surface area contributed by atoms with Gasteiger partial charge in [-0.1, -0.05) is 55.7 Å². The summed E-state index contributed by atoms with van der Waals surface area (Å²) in [5.74, 6) is 1.58. The SMILES string of the molecule is O=C(CC(OC1CCCCC1)c1ccc2c(c1)OCO2)c1ccccc1. The van der Waals surface area contributed by atoms with Crippen LogP contribution in [0.1, 0.15) is 60.6 Å². The molecule has 1 fully saturated rings. The lowest BCUT2D eigenvalue weighted by molar-refractivity contribution is -0.0319. The van der Waals surface area contributed by atoms with Gasteiger partial charge < -0.3 is 14.2 Å². The van der Waals surface area contributed by atoms with E-state index in [1.807, 2.05) is 48.5 Å². The quantitative estimate of drug-likeness (QED) is 0.680. The first-order valence-electron chi connectivity index (χ1n) is 9.43. The smallest absolute Gasteiger partial charge is 0.231 e. The van der Waals surface area contributed by atoms with Crippen LogP contribution in [-0.4, -0.2) is 18.7 Å². The number of hydrogen-bond acceptors (Lipinski definition) is 4. The second kappa shape index (κ2) is 7.92. The summed E-state index contributed by atoms with van der Waals surface area (Å²) in [5, 5.41) is 0. The lowest BCUT2D eigenvalue weighted by Crippen LogP contribution is -2.21. The molecule has 1 aliphatic carbocycles. The Morgan fingerprint density at radius 1 is 1.00 bits per heavy atom. The van der Waals surface area contributed by atoms with E-state index in [1.165, 1.54) is 19.3 Å². The molecule has 1 atom stereocenters. The third kappa shape index (κ3) is 3.91. The summed E-state index contributed by atoms with van der Waals surface area (Å²) in [6.07, 6.45) is 6.11. The normalized spacial score (nSPS) is 17.8. The molecule has 1 aliphatic heterocycles. The van der Waals surface area contributed by atoms with E-state index in [9.17, 15) is 4.79 Å². The van der Waals surface area contributed by atoms with Gasteiger partial charge >= 0.3 is 0 Å². The zero-order valence-electron chi connectivity index (χ0n) is 14.9. The summed E-state index contributed by atoms with van der Waals surface area (Å²) in [6.45, 7) is 0.246. The van der Waals surface area contributed by atoms with E-state index in [2.05, 4.69) is 0 Å². The molecule has 4 rings (SSSR count). The number of ether oxygens (including phenoxy) is 3. The van der Waals surface area contributed by atoms with E-state index in [0.29, 0.717) is 6.42 Å². The summed E-state index contributed by atoms with van der Waals surface area (Å²) >= 11 is 0. The Morgan fingerprint density at radius 2 is 1.77 bits per heavy atom. The molecule has 0 N–H and O–H groups in total. The standard InChI is InChI=1S/C22H24O4/c23-19(16-7-3-1-4-8-16)14-21(26-18-9-5-2-6-10-18)17-11-12-20-22(13-17)25-15-24-20/h1,3-4,7-8,11-13,18,21H,2,5-6,9-10,14-15H2. The zero-order valence-corrected chi connectivity index (χ0v) is 14.9. The van der Waals surface area contributed by atoms with Gasteiger partial charge in [-0.2, -0.15) is 0 Å². The van der Waals surface area contributed by atoms with Crippen molar-refractivity contribution < 1.29 is 19.0 Å². The maximum Gasteiger partial charge on any atom is 0.231 e. The van der Waals surface area contributed by atoms with Crippen molar-refractivity contribution in [2.45, 2.75) is 50.7 Å². The Morgan fingerprint density at radius 3 is 2.58 bits per heavy atom. The van der Waals surface area contributed by atoms with Gasteiger partial charge in [-0.05, 0) is 30.5 Å². The number of carbonyl (C=O) groups excluding carboxylic acids is 1. The fraction of sp³-hybridized carbons (Fsp3) is 0.409. The fourth-order valence-electron chi connectivity index (χ4n) is 3.70. The minimum Gasteiger partial charge on any atom is -0.454 e. The minimum atomic E-state index is -0.264. The molecule has 1 saturated carbocycles. The molecule has 2 aromatic rings. The summed E-state index contributed by atoms with van der Waals surface area (Å²) in [7, 11) is 0. The van der Waals surface area contributed by atoms with E-state index in [-0.39, 0.29) is 24.8 Å². The molecule has 2 aliphatic rings. The molecule has 0 bridgehead atoms. The van der Waals surface area contributed by atoms with Crippen molar-refractivity contribution in [1.29, 1.82) is 0 Å². The lowest BCUT2D eigenvalue weighted by atomic mass is 9.95. The van der Waals surface area contributed by atoms with E-state index in [1.54, 1.807) is 0 Å². The number of hydrogen-bond donors (Lipinski definition) is 0. The van der Waals surface area contributed by atoms with Crippen molar-refractivity contribution in [2.75, 3.05) is 6.79 Å². The molecule has 2 aromatic carbocycles. The van der Waals surface area contributed by atoms with Crippen LogP contribution >= 0.6 is 0 Å². The maximum atomic E-state index is 12.8. The summed E-state index contributed by atoms with van der Waals surface area (Å²) in [4.78, 5) is 12.8. The molecular formula is C22H24O4. The molecule has 0 amide bonds. The molecule has 26 heavy (non-hydrogen) atoms. The van der Waals surface area contributed by atoms with Crippen LogP contribution in [0.15, 0.2) is 48.5 Å². The Balaban J connectivity index is 1.55. The van der Waals surface area contributed by atoms with Crippen molar-refractivity contribution in [1.82, 2.24) is 0 Å². The van der Waals surface area contributed by atoms with Crippen LogP contribution in [0.25, 0.3) is 0 Å². The number of ketones is 1. The molecule has 4 nitrogen and oxygen atoms in total. The minimum absolute atomic E-state index is 0.101. The molecule has 1 heterocycles. The number of benzene rings is 2. The Hall–Kier alpha value is -2.33. The predicted molar refractivity (Wildman–Crippen MR) is 98.7 cm³/mol. The van der Waals surface area contributed by atoms with Gasteiger partial charge in [0.25, 0.3) is 0 Å². The van der Waals surface area contributed by atoms with Crippen molar-refractivity contribution in [3.05, 3.63) is 59.7 Å². The van der Waals surface area contributed by atoms with Crippen LogP contribution in [0.2, 0.25) is 0 Å². The first-order chi connectivity index (χ1) is 12.8. The Labute approximate surface area is 154 Å². The van der Waals surface area contributed by atoms with Crippen LogP contribution in [0, 0.1) is 0 Å². The number of rotatable bonds is 6. The third-order valence-corrected chi connectivity index (χ3v) is 5.14. The van der Waals surface area contributed by atoms with Crippen molar-refractivity contribution in [2.24, 2.45) is 0 Å². The van der Waals surface area contributed by atoms with Crippen LogP contribution < -0.4 is 9.47 Å². The molecule has 0 spiro atoms. The number of carbonyl (C=O) groups is 1. The predicted octanol–water partition coefficient (Wildman–Crippen LogP) is 5.08. The molecule has 0 saturated heterocycles. The molecule has 4 heteroatoms. The highest BCUT2D eigenvalue weighted by molar-refractivity contribution is 5.96. The first-order valence-corrected chi connectivity index (χ1v) is 9.43. The maximum absolute atomic E-state index is 12.8. The van der Waals surface area contributed by atoms with Gasteiger partial charge in [-0.3, -0.25) is 4.79 Å². The second-order valence-corrected chi connectivity index (χ2v) is 6.99. The first kappa shape index (κ1) is 17.1. The van der Waals surface area contributed by atoms with Crippen LogP contribution in [-0.2, 0) is 4.74 Å². The Bertz CT molecular complexity index is 750. The lowest BCUT2D eigenvalue weighted by Gasteiger charge is -2.28. The Kier molecular flexibility index (Phi) is 5.21. The second-order valence-electron chi connectivity index (χ2n) is 6.99. The van der Waals surface area contributed by atoms with Crippen LogP contribution in [0.4, 0.5) is 0 Å².